The molecule has 0 spiro atoms. The first-order chi connectivity index (χ1) is 12.7. The molecule has 0 unspecified atom stereocenters. The van der Waals surface area contributed by atoms with E-state index < -0.39 is 0 Å². The standard InChI is InChI=1S/C20H16ClN3O2/c21-16-9-13(10-22)5-6-19(16)26-12-20(25)24-8-7-18-15(11-24)14-3-1-2-4-17(14)23-18/h1-6,9,23H,7-8,11-12H2. The Morgan fingerprint density at radius 2 is 2.15 bits per heavy atom. The summed E-state index contributed by atoms with van der Waals surface area (Å²) in [7, 11) is 0. The van der Waals surface area contributed by atoms with Crippen molar-refractivity contribution < 1.29 is 9.53 Å². The average Bonchev–Trinajstić information content (AvgIpc) is 3.04. The molecule has 130 valence electrons. The van der Waals surface area contributed by atoms with Gasteiger partial charge in [0, 0.05) is 41.7 Å². The fourth-order valence-electron chi connectivity index (χ4n) is 3.30. The molecule has 0 saturated carbocycles. The SMILES string of the molecule is N#Cc1ccc(OCC(=O)N2CCc3[nH]c4ccccc4c3C2)c(Cl)c1. The molecule has 1 aliphatic heterocycles. The first-order valence-corrected chi connectivity index (χ1v) is 8.72. The summed E-state index contributed by atoms with van der Waals surface area (Å²) in [6, 6.07) is 14.9. The average molecular weight is 366 g/mol. The Morgan fingerprint density at radius 1 is 1.31 bits per heavy atom. The third-order valence-corrected chi connectivity index (χ3v) is 4.94. The van der Waals surface area contributed by atoms with Crippen LogP contribution in [0.5, 0.6) is 5.75 Å². The molecule has 1 N–H and O–H groups in total. The van der Waals surface area contributed by atoms with E-state index in [1.54, 1.807) is 17.0 Å². The highest BCUT2D eigenvalue weighted by molar-refractivity contribution is 6.32. The topological polar surface area (TPSA) is 69.1 Å². The lowest BCUT2D eigenvalue weighted by molar-refractivity contribution is -0.134. The number of aromatic nitrogens is 1. The van der Waals surface area contributed by atoms with E-state index in [2.05, 4.69) is 17.1 Å². The Balaban J connectivity index is 1.46. The van der Waals surface area contributed by atoms with E-state index in [4.69, 9.17) is 21.6 Å². The Kier molecular flexibility index (Phi) is 4.27. The summed E-state index contributed by atoms with van der Waals surface area (Å²) in [6.07, 6.45) is 0.799. The van der Waals surface area contributed by atoms with Crippen molar-refractivity contribution in [2.45, 2.75) is 13.0 Å². The number of rotatable bonds is 3. The lowest BCUT2D eigenvalue weighted by Crippen LogP contribution is -2.38. The zero-order chi connectivity index (χ0) is 18.1. The van der Waals surface area contributed by atoms with Crippen LogP contribution in [-0.4, -0.2) is 28.9 Å². The summed E-state index contributed by atoms with van der Waals surface area (Å²) in [6.45, 7) is 1.15. The number of para-hydroxylation sites is 1. The lowest BCUT2D eigenvalue weighted by Gasteiger charge is -2.27. The van der Waals surface area contributed by atoms with Gasteiger partial charge in [0.05, 0.1) is 16.7 Å². The van der Waals surface area contributed by atoms with E-state index in [0.717, 1.165) is 17.3 Å². The quantitative estimate of drug-likeness (QED) is 0.770. The zero-order valence-electron chi connectivity index (χ0n) is 14.0. The molecule has 1 aromatic heterocycles. The predicted octanol–water partition coefficient (Wildman–Crippen LogP) is 3.66. The molecule has 0 atom stereocenters. The summed E-state index contributed by atoms with van der Waals surface area (Å²) in [5.41, 5.74) is 3.94. The van der Waals surface area contributed by atoms with E-state index in [1.165, 1.54) is 17.3 Å². The lowest BCUT2D eigenvalue weighted by atomic mass is 10.0. The van der Waals surface area contributed by atoms with Crippen molar-refractivity contribution in [2.24, 2.45) is 0 Å². The van der Waals surface area contributed by atoms with Gasteiger partial charge in [-0.2, -0.15) is 5.26 Å². The molecule has 0 aliphatic carbocycles. The minimum absolute atomic E-state index is 0.0801. The van der Waals surface area contributed by atoms with Crippen LogP contribution in [0, 0.1) is 11.3 Å². The number of aromatic amines is 1. The third kappa shape index (κ3) is 3.00. The van der Waals surface area contributed by atoms with Crippen LogP contribution < -0.4 is 4.74 Å². The van der Waals surface area contributed by atoms with Crippen LogP contribution in [0.3, 0.4) is 0 Å². The second kappa shape index (κ2) is 6.74. The van der Waals surface area contributed by atoms with Crippen molar-refractivity contribution in [1.82, 2.24) is 9.88 Å². The first-order valence-electron chi connectivity index (χ1n) is 8.34. The first kappa shape index (κ1) is 16.5. The maximum Gasteiger partial charge on any atom is 0.260 e. The number of fused-ring (bicyclic) bond motifs is 3. The van der Waals surface area contributed by atoms with E-state index in [0.29, 0.717) is 29.4 Å². The maximum absolute atomic E-state index is 12.6. The van der Waals surface area contributed by atoms with Gasteiger partial charge >= 0.3 is 0 Å². The van der Waals surface area contributed by atoms with Gasteiger partial charge < -0.3 is 14.6 Å². The highest BCUT2D eigenvalue weighted by atomic mass is 35.5. The molecular weight excluding hydrogens is 350 g/mol. The smallest absolute Gasteiger partial charge is 0.260 e. The Labute approximate surface area is 155 Å². The zero-order valence-corrected chi connectivity index (χ0v) is 14.7. The van der Waals surface area contributed by atoms with Crippen molar-refractivity contribution in [3.63, 3.8) is 0 Å². The molecule has 2 heterocycles. The van der Waals surface area contributed by atoms with Crippen LogP contribution in [-0.2, 0) is 17.8 Å². The molecule has 0 bridgehead atoms. The second-order valence-electron chi connectivity index (χ2n) is 6.24. The van der Waals surface area contributed by atoms with Crippen molar-refractivity contribution in [2.75, 3.05) is 13.2 Å². The van der Waals surface area contributed by atoms with Crippen molar-refractivity contribution >= 4 is 28.4 Å². The minimum Gasteiger partial charge on any atom is -0.482 e. The maximum atomic E-state index is 12.6. The van der Waals surface area contributed by atoms with Crippen molar-refractivity contribution in [1.29, 1.82) is 5.26 Å². The number of nitrogens with zero attached hydrogens (tertiary/aromatic N) is 2. The van der Waals surface area contributed by atoms with Gasteiger partial charge in [0.1, 0.15) is 5.75 Å². The molecule has 3 aromatic rings. The largest absolute Gasteiger partial charge is 0.482 e. The van der Waals surface area contributed by atoms with Gasteiger partial charge in [-0.05, 0) is 24.3 Å². The monoisotopic (exact) mass is 365 g/mol. The number of hydrogen-bond acceptors (Lipinski definition) is 3. The van der Waals surface area contributed by atoms with Crippen LogP contribution in [0.4, 0.5) is 0 Å². The number of nitriles is 1. The highest BCUT2D eigenvalue weighted by Gasteiger charge is 2.24. The minimum atomic E-state index is -0.0821. The van der Waals surface area contributed by atoms with Crippen LogP contribution in [0.15, 0.2) is 42.5 Å². The molecule has 1 amide bonds. The third-order valence-electron chi connectivity index (χ3n) is 4.65. The number of benzene rings is 2. The summed E-state index contributed by atoms with van der Waals surface area (Å²) in [4.78, 5) is 17.8. The Hall–Kier alpha value is -2.97. The molecule has 4 rings (SSSR count). The number of carbonyl (C=O) groups is 1. The Morgan fingerprint density at radius 3 is 2.96 bits per heavy atom. The molecule has 26 heavy (non-hydrogen) atoms. The van der Waals surface area contributed by atoms with Gasteiger partial charge in [0.2, 0.25) is 0 Å². The fourth-order valence-corrected chi connectivity index (χ4v) is 3.53. The van der Waals surface area contributed by atoms with Crippen molar-refractivity contribution in [3.8, 4) is 11.8 Å². The molecular formula is C20H16ClN3O2. The van der Waals surface area contributed by atoms with Gasteiger partial charge in [-0.15, -0.1) is 0 Å². The number of carbonyl (C=O) groups excluding carboxylic acids is 1. The van der Waals surface area contributed by atoms with Gasteiger partial charge in [0.25, 0.3) is 5.91 Å². The highest BCUT2D eigenvalue weighted by Crippen LogP contribution is 2.28. The predicted molar refractivity (Wildman–Crippen MR) is 99.1 cm³/mol. The number of hydrogen-bond donors (Lipinski definition) is 1. The molecule has 0 fully saturated rings. The molecule has 1 aliphatic rings. The summed E-state index contributed by atoms with van der Waals surface area (Å²) >= 11 is 6.09. The van der Waals surface area contributed by atoms with Gasteiger partial charge in [-0.3, -0.25) is 4.79 Å². The van der Waals surface area contributed by atoms with E-state index in [9.17, 15) is 4.79 Å². The van der Waals surface area contributed by atoms with Crippen LogP contribution in [0.25, 0.3) is 10.9 Å². The number of H-pyrrole nitrogens is 1. The number of ether oxygens (including phenoxy) is 1. The van der Waals surface area contributed by atoms with Crippen LogP contribution in [0.2, 0.25) is 5.02 Å². The van der Waals surface area contributed by atoms with Gasteiger partial charge in [-0.1, -0.05) is 29.8 Å². The molecule has 6 heteroatoms. The van der Waals surface area contributed by atoms with Gasteiger partial charge in [0.15, 0.2) is 6.61 Å². The summed E-state index contributed by atoms with van der Waals surface area (Å²) in [5, 5.41) is 10.4. The number of halogens is 1. The Bertz CT molecular complexity index is 1040. The molecule has 0 radical (unpaired) electrons. The normalized spacial score (nSPS) is 13.3. The van der Waals surface area contributed by atoms with Crippen molar-refractivity contribution in [3.05, 3.63) is 64.3 Å². The van der Waals surface area contributed by atoms with Crippen LogP contribution in [0.1, 0.15) is 16.8 Å². The second-order valence-corrected chi connectivity index (χ2v) is 6.65. The van der Waals surface area contributed by atoms with Gasteiger partial charge in [-0.25, -0.2) is 0 Å². The van der Waals surface area contributed by atoms with E-state index >= 15 is 0 Å². The summed E-state index contributed by atoms with van der Waals surface area (Å²) < 4.78 is 5.57. The summed E-state index contributed by atoms with van der Waals surface area (Å²) in [5.74, 6) is 0.324. The van der Waals surface area contributed by atoms with E-state index in [-0.39, 0.29) is 12.5 Å². The number of nitrogens with one attached hydrogen (secondary N) is 1. The molecule has 2 aromatic carbocycles. The fraction of sp³-hybridized carbons (Fsp3) is 0.200. The van der Waals surface area contributed by atoms with Crippen LogP contribution >= 0.6 is 11.6 Å². The molecule has 0 saturated heterocycles. The van der Waals surface area contributed by atoms with E-state index in [1.807, 2.05) is 18.2 Å². The number of amides is 1. The molecule has 5 nitrogen and oxygen atoms in total.